The Balaban J connectivity index is 1.66. The van der Waals surface area contributed by atoms with E-state index in [0.717, 1.165) is 5.56 Å². The summed E-state index contributed by atoms with van der Waals surface area (Å²) in [6, 6.07) is 18.0. The molecule has 1 aliphatic rings. The van der Waals surface area contributed by atoms with Crippen LogP contribution < -0.4 is 4.90 Å². The van der Waals surface area contributed by atoms with Crippen molar-refractivity contribution in [3.8, 4) is 11.3 Å². The van der Waals surface area contributed by atoms with Gasteiger partial charge in [0, 0.05) is 23.9 Å². The van der Waals surface area contributed by atoms with Crippen molar-refractivity contribution in [2.45, 2.75) is 5.92 Å². The van der Waals surface area contributed by atoms with Crippen LogP contribution in [0, 0.1) is 0 Å². The molecule has 0 aliphatic carbocycles. The second-order valence-electron chi connectivity index (χ2n) is 5.81. The first kappa shape index (κ1) is 15.1. The molecule has 4 rings (SSSR count). The highest BCUT2D eigenvalue weighted by molar-refractivity contribution is 6.08. The minimum absolute atomic E-state index is 0.0844. The number of carboxylic acids is 1. The van der Waals surface area contributed by atoms with E-state index in [-0.39, 0.29) is 18.1 Å². The number of amides is 1. The lowest BCUT2D eigenvalue weighted by Crippen LogP contribution is -2.31. The molecule has 2 aromatic carbocycles. The summed E-state index contributed by atoms with van der Waals surface area (Å²) in [5.41, 5.74) is 2.21. The Morgan fingerprint density at radius 2 is 1.80 bits per heavy atom. The van der Waals surface area contributed by atoms with Crippen molar-refractivity contribution in [2.24, 2.45) is 0 Å². The molecule has 1 N–H and O–H groups in total. The second-order valence-corrected chi connectivity index (χ2v) is 5.81. The zero-order chi connectivity index (χ0) is 17.4. The van der Waals surface area contributed by atoms with Crippen molar-refractivity contribution in [3.05, 3.63) is 71.9 Å². The van der Waals surface area contributed by atoms with Crippen molar-refractivity contribution in [2.75, 3.05) is 11.4 Å². The number of nitrogens with zero attached hydrogens (tertiary/aromatic N) is 2. The maximum absolute atomic E-state index is 12.8. The summed E-state index contributed by atoms with van der Waals surface area (Å²) in [6.07, 6.45) is 0. The van der Waals surface area contributed by atoms with E-state index in [0.29, 0.717) is 17.0 Å². The molecule has 25 heavy (non-hydrogen) atoms. The van der Waals surface area contributed by atoms with Gasteiger partial charge in [-0.05, 0) is 11.6 Å². The van der Waals surface area contributed by atoms with Crippen LogP contribution in [0.15, 0.2) is 65.2 Å². The number of fused-ring (bicyclic) bond motifs is 1. The smallest absolute Gasteiger partial charge is 0.312 e. The van der Waals surface area contributed by atoms with Crippen LogP contribution in [0.3, 0.4) is 0 Å². The summed E-state index contributed by atoms with van der Waals surface area (Å²) in [5, 5.41) is 13.3. The number of aromatic nitrogens is 1. The third-order valence-corrected chi connectivity index (χ3v) is 4.30. The van der Waals surface area contributed by atoms with Crippen LogP contribution in [0.2, 0.25) is 0 Å². The van der Waals surface area contributed by atoms with Crippen LogP contribution in [-0.4, -0.2) is 28.7 Å². The van der Waals surface area contributed by atoms with Gasteiger partial charge in [0.1, 0.15) is 5.92 Å². The highest BCUT2D eigenvalue weighted by Crippen LogP contribution is 2.37. The molecule has 1 aromatic heterocycles. The highest BCUT2D eigenvalue weighted by Gasteiger charge is 2.37. The topological polar surface area (TPSA) is 83.6 Å². The number of benzene rings is 2. The largest absolute Gasteiger partial charge is 0.481 e. The molecule has 0 bridgehead atoms. The van der Waals surface area contributed by atoms with Gasteiger partial charge in [-0.3, -0.25) is 9.59 Å². The molecule has 1 aliphatic heterocycles. The number of aliphatic carboxylic acids is 1. The first-order valence-corrected chi connectivity index (χ1v) is 7.81. The first-order chi connectivity index (χ1) is 12.1. The summed E-state index contributed by atoms with van der Waals surface area (Å²) in [4.78, 5) is 25.8. The van der Waals surface area contributed by atoms with Crippen LogP contribution in [-0.2, 0) is 4.79 Å². The second kappa shape index (κ2) is 5.90. The minimum atomic E-state index is -0.951. The maximum Gasteiger partial charge on any atom is 0.312 e. The summed E-state index contributed by atoms with van der Waals surface area (Å²) in [5.74, 6) is -1.57. The van der Waals surface area contributed by atoms with Gasteiger partial charge < -0.3 is 14.5 Å². The fourth-order valence-electron chi connectivity index (χ4n) is 3.06. The van der Waals surface area contributed by atoms with Crippen molar-refractivity contribution < 1.29 is 19.2 Å². The van der Waals surface area contributed by atoms with Crippen molar-refractivity contribution in [1.29, 1.82) is 0 Å². The summed E-state index contributed by atoms with van der Waals surface area (Å²) < 4.78 is 5.28. The summed E-state index contributed by atoms with van der Waals surface area (Å²) in [6.45, 7) is 0.0844. The van der Waals surface area contributed by atoms with E-state index in [1.807, 2.05) is 30.3 Å². The van der Waals surface area contributed by atoms with Crippen LogP contribution in [0.25, 0.3) is 11.3 Å². The molecule has 0 saturated heterocycles. The van der Waals surface area contributed by atoms with Gasteiger partial charge in [-0.2, -0.15) is 0 Å². The molecular weight excluding hydrogens is 320 g/mol. The fourth-order valence-corrected chi connectivity index (χ4v) is 3.06. The lowest BCUT2D eigenvalue weighted by atomic mass is 10.0. The fraction of sp³-hybridized carbons (Fsp3) is 0.105. The molecule has 6 nitrogen and oxygen atoms in total. The van der Waals surface area contributed by atoms with Gasteiger partial charge >= 0.3 is 5.97 Å². The lowest BCUT2D eigenvalue weighted by Gasteiger charge is -2.15. The number of hydrogen-bond donors (Lipinski definition) is 1. The van der Waals surface area contributed by atoms with Crippen molar-refractivity contribution >= 4 is 17.6 Å². The van der Waals surface area contributed by atoms with Gasteiger partial charge in [-0.15, -0.1) is 0 Å². The molecule has 0 spiro atoms. The van der Waals surface area contributed by atoms with Crippen molar-refractivity contribution in [3.63, 3.8) is 0 Å². The Morgan fingerprint density at radius 3 is 2.56 bits per heavy atom. The molecule has 1 atom stereocenters. The van der Waals surface area contributed by atoms with E-state index >= 15 is 0 Å². The number of carboxylic acid groups (broad SMARTS) is 1. The molecule has 3 aromatic rings. The number of carbonyl (C=O) groups is 2. The molecule has 2 heterocycles. The highest BCUT2D eigenvalue weighted by atomic mass is 16.5. The van der Waals surface area contributed by atoms with Gasteiger partial charge in [0.15, 0.2) is 11.5 Å². The van der Waals surface area contributed by atoms with E-state index < -0.39 is 11.9 Å². The Kier molecular flexibility index (Phi) is 3.57. The Hall–Kier alpha value is -3.41. The molecule has 6 heteroatoms. The quantitative estimate of drug-likeness (QED) is 0.795. The average Bonchev–Trinajstić information content (AvgIpc) is 3.27. The van der Waals surface area contributed by atoms with Gasteiger partial charge in [0.05, 0.1) is 0 Å². The standard InChI is InChI=1S/C19H14N2O4/c22-18(15-10-17(25-20-15)12-6-2-1-3-7-12)21-11-14(19(23)24)13-8-4-5-9-16(13)21/h1-10,14H,11H2,(H,23,24). The van der Waals surface area contributed by atoms with E-state index in [1.54, 1.807) is 30.3 Å². The Bertz CT molecular complexity index is 949. The zero-order valence-electron chi connectivity index (χ0n) is 13.1. The monoisotopic (exact) mass is 334 g/mol. The Morgan fingerprint density at radius 1 is 1.08 bits per heavy atom. The lowest BCUT2D eigenvalue weighted by molar-refractivity contribution is -0.138. The number of hydrogen-bond acceptors (Lipinski definition) is 4. The molecule has 0 fully saturated rings. The van der Waals surface area contributed by atoms with E-state index in [1.165, 1.54) is 4.90 Å². The maximum atomic E-state index is 12.8. The summed E-state index contributed by atoms with van der Waals surface area (Å²) in [7, 11) is 0. The number of para-hydroxylation sites is 1. The number of rotatable bonds is 3. The first-order valence-electron chi connectivity index (χ1n) is 7.81. The molecule has 124 valence electrons. The number of anilines is 1. The van der Waals surface area contributed by atoms with Crippen LogP contribution in [0.4, 0.5) is 5.69 Å². The average molecular weight is 334 g/mol. The SMILES string of the molecule is O=C(O)C1CN(C(=O)c2cc(-c3ccccc3)on2)c2ccccc21. The van der Waals surface area contributed by atoms with E-state index in [4.69, 9.17) is 4.52 Å². The van der Waals surface area contributed by atoms with Gasteiger partial charge in [0.2, 0.25) is 0 Å². The number of carbonyl (C=O) groups excluding carboxylic acids is 1. The van der Waals surface area contributed by atoms with E-state index in [9.17, 15) is 14.7 Å². The molecule has 0 saturated carbocycles. The predicted octanol–water partition coefficient (Wildman–Crippen LogP) is 3.17. The normalized spacial score (nSPS) is 15.8. The Labute approximate surface area is 143 Å². The van der Waals surface area contributed by atoms with Crippen LogP contribution in [0.1, 0.15) is 22.0 Å². The minimum Gasteiger partial charge on any atom is -0.481 e. The summed E-state index contributed by atoms with van der Waals surface area (Å²) >= 11 is 0. The van der Waals surface area contributed by atoms with Gasteiger partial charge in [-0.25, -0.2) is 0 Å². The molecule has 1 unspecified atom stereocenters. The molecule has 1 amide bonds. The predicted molar refractivity (Wildman–Crippen MR) is 90.4 cm³/mol. The van der Waals surface area contributed by atoms with Gasteiger partial charge in [0.25, 0.3) is 5.91 Å². The molecule has 0 radical (unpaired) electrons. The van der Waals surface area contributed by atoms with E-state index in [2.05, 4.69) is 5.16 Å². The third-order valence-electron chi connectivity index (χ3n) is 4.30. The third kappa shape index (κ3) is 2.57. The van der Waals surface area contributed by atoms with Crippen LogP contribution >= 0.6 is 0 Å². The van der Waals surface area contributed by atoms with Crippen molar-refractivity contribution in [1.82, 2.24) is 5.16 Å². The van der Waals surface area contributed by atoms with Gasteiger partial charge in [-0.1, -0.05) is 53.7 Å². The van der Waals surface area contributed by atoms with Crippen LogP contribution in [0.5, 0.6) is 0 Å². The zero-order valence-corrected chi connectivity index (χ0v) is 13.1. The molecular formula is C19H14N2O4.